The molecule has 0 saturated carbocycles. The summed E-state index contributed by atoms with van der Waals surface area (Å²) < 4.78 is 50.4. The zero-order valence-corrected chi connectivity index (χ0v) is 25.8. The fourth-order valence-corrected chi connectivity index (χ4v) is 6.84. The van der Waals surface area contributed by atoms with Gasteiger partial charge in [0, 0.05) is 24.8 Å². The molecule has 0 amide bonds. The number of rotatable bonds is 16. The monoisotopic (exact) mass is 554 g/mol. The van der Waals surface area contributed by atoms with E-state index >= 15 is 0 Å². The number of allylic oxidation sites excluding steroid dienone is 3. The van der Waals surface area contributed by atoms with Gasteiger partial charge < -0.3 is 9.05 Å². The first kappa shape index (κ1) is 31.9. The quantitative estimate of drug-likeness (QED) is 0.115. The molecular weight excluding hydrogens is 506 g/mol. The highest BCUT2D eigenvalue weighted by Crippen LogP contribution is 2.55. The van der Waals surface area contributed by atoms with Gasteiger partial charge in [-0.2, -0.15) is 0 Å². The van der Waals surface area contributed by atoms with Crippen LogP contribution in [0.2, 0.25) is 0 Å². The molecule has 0 aliphatic heterocycles. The standard InChI is InChI=1S/C29H48O6P2/c1-9-12-13-14-24-20-27(34-36(7,30)32-17-10-2)29(26-19-23(6)15-16-25(26)22(4)5)28(21-24)35-37(8,31)33-18-11-3/h19-21,25-26H,4,9-18H2,1-3,5-8H3. The van der Waals surface area contributed by atoms with Gasteiger partial charge in [-0.25, -0.2) is 9.13 Å². The highest BCUT2D eigenvalue weighted by molar-refractivity contribution is 7.53. The first-order chi connectivity index (χ1) is 17.4. The van der Waals surface area contributed by atoms with Gasteiger partial charge >= 0.3 is 15.2 Å². The van der Waals surface area contributed by atoms with E-state index in [-0.39, 0.29) is 11.8 Å². The van der Waals surface area contributed by atoms with Gasteiger partial charge in [0.25, 0.3) is 0 Å². The zero-order chi connectivity index (χ0) is 27.6. The maximum absolute atomic E-state index is 13.4. The summed E-state index contributed by atoms with van der Waals surface area (Å²) in [6.07, 6.45) is 9.59. The van der Waals surface area contributed by atoms with Crippen LogP contribution in [0, 0.1) is 5.92 Å². The summed E-state index contributed by atoms with van der Waals surface area (Å²) in [5.41, 5.74) is 4.03. The van der Waals surface area contributed by atoms with Gasteiger partial charge in [0.1, 0.15) is 11.5 Å². The minimum Gasteiger partial charge on any atom is -0.424 e. The molecule has 1 aliphatic rings. The van der Waals surface area contributed by atoms with E-state index < -0.39 is 15.2 Å². The third kappa shape index (κ3) is 10.1. The van der Waals surface area contributed by atoms with Crippen LogP contribution in [0.15, 0.2) is 35.9 Å². The zero-order valence-electron chi connectivity index (χ0n) is 24.0. The Bertz CT molecular complexity index is 980. The lowest BCUT2D eigenvalue weighted by molar-refractivity contribution is 0.265. The Balaban J connectivity index is 2.74. The average Bonchev–Trinajstić information content (AvgIpc) is 2.81. The molecule has 1 aromatic rings. The van der Waals surface area contributed by atoms with Gasteiger partial charge in [-0.15, -0.1) is 0 Å². The van der Waals surface area contributed by atoms with Gasteiger partial charge in [0.05, 0.1) is 13.2 Å². The van der Waals surface area contributed by atoms with Crippen molar-refractivity contribution in [3.63, 3.8) is 0 Å². The first-order valence-electron chi connectivity index (χ1n) is 13.8. The molecular formula is C29H48O6P2. The van der Waals surface area contributed by atoms with Crippen LogP contribution in [-0.2, 0) is 24.6 Å². The molecule has 4 atom stereocenters. The fourth-order valence-electron chi connectivity index (χ4n) is 4.69. The Morgan fingerprint density at radius 2 is 1.49 bits per heavy atom. The van der Waals surface area contributed by atoms with Crippen LogP contribution in [0.25, 0.3) is 0 Å². The van der Waals surface area contributed by atoms with E-state index in [1.54, 1.807) is 0 Å². The van der Waals surface area contributed by atoms with Gasteiger partial charge in [0.15, 0.2) is 0 Å². The second-order valence-corrected chi connectivity index (χ2v) is 14.4. The summed E-state index contributed by atoms with van der Waals surface area (Å²) in [6, 6.07) is 3.92. The molecule has 4 unspecified atom stereocenters. The van der Waals surface area contributed by atoms with E-state index in [2.05, 4.69) is 26.5 Å². The summed E-state index contributed by atoms with van der Waals surface area (Å²) in [5, 5.41) is 0. The number of benzene rings is 1. The Labute approximate surface area is 225 Å². The van der Waals surface area contributed by atoms with E-state index in [1.807, 2.05) is 32.9 Å². The normalized spacial score (nSPS) is 21.0. The maximum atomic E-state index is 13.4. The van der Waals surface area contributed by atoms with Gasteiger partial charge in [-0.1, -0.05) is 57.4 Å². The van der Waals surface area contributed by atoms with Crippen molar-refractivity contribution in [3.05, 3.63) is 47.1 Å². The van der Waals surface area contributed by atoms with Crippen molar-refractivity contribution in [2.24, 2.45) is 5.92 Å². The topological polar surface area (TPSA) is 71.1 Å². The SMILES string of the molecule is C=C(C)C1CCC(C)=CC1c1c(OP(C)(=O)OCCC)cc(CCCCC)cc1OP(C)(=O)OCCC. The molecule has 210 valence electrons. The summed E-state index contributed by atoms with van der Waals surface area (Å²) in [7, 11) is -6.81. The van der Waals surface area contributed by atoms with E-state index in [4.69, 9.17) is 18.1 Å². The fraction of sp³-hybridized carbons (Fsp3) is 0.655. The minimum atomic E-state index is -3.41. The van der Waals surface area contributed by atoms with Crippen LogP contribution in [-0.4, -0.2) is 26.5 Å². The summed E-state index contributed by atoms with van der Waals surface area (Å²) >= 11 is 0. The predicted octanol–water partition coefficient (Wildman–Crippen LogP) is 9.69. The first-order valence-corrected chi connectivity index (χ1v) is 17.7. The molecule has 0 radical (unpaired) electrons. The lowest BCUT2D eigenvalue weighted by Gasteiger charge is -2.33. The number of hydrogen-bond donors (Lipinski definition) is 0. The van der Waals surface area contributed by atoms with E-state index in [9.17, 15) is 9.13 Å². The van der Waals surface area contributed by atoms with Crippen molar-refractivity contribution in [3.8, 4) is 11.5 Å². The molecule has 6 nitrogen and oxygen atoms in total. The summed E-state index contributed by atoms with van der Waals surface area (Å²) in [5.74, 6) is 0.936. The van der Waals surface area contributed by atoms with E-state index in [0.717, 1.165) is 68.1 Å². The second-order valence-electron chi connectivity index (χ2n) is 10.4. The molecule has 0 aromatic heterocycles. The molecule has 1 aliphatic carbocycles. The molecule has 2 rings (SSSR count). The van der Waals surface area contributed by atoms with Crippen molar-refractivity contribution in [2.45, 2.75) is 91.9 Å². The minimum absolute atomic E-state index is 0.127. The molecule has 0 N–H and O–H groups in total. The molecule has 0 fully saturated rings. The smallest absolute Gasteiger partial charge is 0.376 e. The van der Waals surface area contributed by atoms with Gasteiger partial charge in [0.2, 0.25) is 0 Å². The summed E-state index contributed by atoms with van der Waals surface area (Å²) in [6.45, 7) is 18.2. The highest BCUT2D eigenvalue weighted by Gasteiger charge is 2.34. The van der Waals surface area contributed by atoms with Gasteiger partial charge in [-0.05, 0) is 76.0 Å². The van der Waals surface area contributed by atoms with Crippen molar-refractivity contribution in [1.82, 2.24) is 0 Å². The number of aryl methyl sites for hydroxylation is 1. The predicted molar refractivity (Wildman–Crippen MR) is 155 cm³/mol. The van der Waals surface area contributed by atoms with Crippen LogP contribution >= 0.6 is 15.2 Å². The molecule has 0 heterocycles. The van der Waals surface area contributed by atoms with Crippen molar-refractivity contribution < 1.29 is 27.2 Å². The number of hydrogen-bond acceptors (Lipinski definition) is 6. The molecule has 8 heteroatoms. The summed E-state index contributed by atoms with van der Waals surface area (Å²) in [4.78, 5) is 0. The number of unbranched alkanes of at least 4 members (excludes halogenated alkanes) is 2. The maximum Gasteiger partial charge on any atom is 0.376 e. The third-order valence-corrected chi connectivity index (χ3v) is 8.89. The van der Waals surface area contributed by atoms with E-state index in [1.165, 1.54) is 18.9 Å². The Morgan fingerprint density at radius 3 is 1.95 bits per heavy atom. The van der Waals surface area contributed by atoms with Crippen LogP contribution in [0.4, 0.5) is 0 Å². The second kappa shape index (κ2) is 14.7. The largest absolute Gasteiger partial charge is 0.424 e. The lowest BCUT2D eigenvalue weighted by Crippen LogP contribution is -2.19. The molecule has 1 aromatic carbocycles. The Hall–Kier alpha value is -1.32. The molecule has 0 spiro atoms. The Kier molecular flexibility index (Phi) is 12.7. The van der Waals surface area contributed by atoms with Crippen LogP contribution in [0.5, 0.6) is 11.5 Å². The molecule has 0 saturated heterocycles. The van der Waals surface area contributed by atoms with Crippen LogP contribution < -0.4 is 9.05 Å². The lowest BCUT2D eigenvalue weighted by atomic mass is 9.73. The molecule has 0 bridgehead atoms. The third-order valence-electron chi connectivity index (χ3n) is 6.53. The van der Waals surface area contributed by atoms with Crippen LogP contribution in [0.1, 0.15) is 96.6 Å². The van der Waals surface area contributed by atoms with Crippen molar-refractivity contribution in [2.75, 3.05) is 26.5 Å². The average molecular weight is 555 g/mol. The van der Waals surface area contributed by atoms with Gasteiger partial charge in [-0.3, -0.25) is 9.05 Å². The van der Waals surface area contributed by atoms with Crippen molar-refractivity contribution >= 4 is 15.2 Å². The Morgan fingerprint density at radius 1 is 0.946 bits per heavy atom. The van der Waals surface area contributed by atoms with E-state index in [0.29, 0.717) is 24.7 Å². The molecule has 37 heavy (non-hydrogen) atoms. The van der Waals surface area contributed by atoms with Crippen LogP contribution in [0.3, 0.4) is 0 Å². The van der Waals surface area contributed by atoms with Crippen molar-refractivity contribution in [1.29, 1.82) is 0 Å². The highest BCUT2D eigenvalue weighted by atomic mass is 31.2.